The molecule has 4 unspecified atom stereocenters. The fourth-order valence-electron chi connectivity index (χ4n) is 7.06. The van der Waals surface area contributed by atoms with Gasteiger partial charge in [0.15, 0.2) is 5.79 Å². The molecule has 2 saturated heterocycles. The standard InChI is InChI=1S/C29H30F3NO4/c1-17-26-23(25-15-28(35-11-12-36-28)10-9-19(25)14-24(26)27(34)37-17)8-7-22-6-5-20(16-33-22)18-3-2-4-21(13-18)29(30,31)32/h2-8,13,16-17,19,23-26H,9-12,14-15H2,1H3/t17-,19?,23+,24?,25?,26?/m0/s1. The number of hydrogen-bond acceptors (Lipinski definition) is 5. The molecule has 37 heavy (non-hydrogen) atoms. The summed E-state index contributed by atoms with van der Waals surface area (Å²) >= 11 is 0. The van der Waals surface area contributed by atoms with Gasteiger partial charge in [-0.15, -0.1) is 0 Å². The van der Waals surface area contributed by atoms with Gasteiger partial charge in [-0.25, -0.2) is 0 Å². The minimum Gasteiger partial charge on any atom is -0.462 e. The van der Waals surface area contributed by atoms with Crippen LogP contribution in [0.4, 0.5) is 13.2 Å². The van der Waals surface area contributed by atoms with Gasteiger partial charge in [0, 0.05) is 30.5 Å². The molecule has 1 spiro atoms. The number of rotatable bonds is 3. The first-order valence-electron chi connectivity index (χ1n) is 13.0. The van der Waals surface area contributed by atoms with Crippen LogP contribution in [-0.2, 0) is 25.2 Å². The van der Waals surface area contributed by atoms with Crippen LogP contribution in [0.3, 0.4) is 0 Å². The van der Waals surface area contributed by atoms with E-state index in [4.69, 9.17) is 14.2 Å². The quantitative estimate of drug-likeness (QED) is 0.462. The lowest BCUT2D eigenvalue weighted by Gasteiger charge is -2.49. The predicted octanol–water partition coefficient (Wildman–Crippen LogP) is 6.14. The molecule has 0 amide bonds. The van der Waals surface area contributed by atoms with Crippen LogP contribution < -0.4 is 0 Å². The number of hydrogen-bond donors (Lipinski definition) is 0. The van der Waals surface area contributed by atoms with Crippen molar-refractivity contribution in [1.29, 1.82) is 0 Å². The third-order valence-electron chi connectivity index (χ3n) is 8.77. The number of allylic oxidation sites excluding steroid dienone is 1. The predicted molar refractivity (Wildman–Crippen MR) is 130 cm³/mol. The van der Waals surface area contributed by atoms with Gasteiger partial charge >= 0.3 is 12.1 Å². The second kappa shape index (κ2) is 9.24. The number of carbonyl (C=O) groups excluding carboxylic acids is 1. The highest BCUT2D eigenvalue weighted by molar-refractivity contribution is 5.75. The minimum absolute atomic E-state index is 0.0888. The van der Waals surface area contributed by atoms with E-state index >= 15 is 0 Å². The SMILES string of the molecule is C[C@@H]1OC(=O)C2CC3CCC4(CC3[C@@H](C=Cc3ccc(-c5cccc(C(F)(F)F)c5)cn3)C21)OCCO4. The van der Waals surface area contributed by atoms with Gasteiger partial charge in [0.1, 0.15) is 6.10 Å². The Bertz CT molecular complexity index is 1190. The molecule has 5 nitrogen and oxygen atoms in total. The van der Waals surface area contributed by atoms with E-state index in [-0.39, 0.29) is 29.8 Å². The van der Waals surface area contributed by atoms with Crippen LogP contribution in [0.15, 0.2) is 48.7 Å². The minimum atomic E-state index is -4.39. The Morgan fingerprint density at radius 2 is 1.92 bits per heavy atom. The second-order valence-corrected chi connectivity index (χ2v) is 10.8. The fraction of sp³-hybridized carbons (Fsp3) is 0.517. The first-order chi connectivity index (χ1) is 17.7. The van der Waals surface area contributed by atoms with Gasteiger partial charge in [0.25, 0.3) is 0 Å². The zero-order chi connectivity index (χ0) is 25.8. The monoisotopic (exact) mass is 513 g/mol. The van der Waals surface area contributed by atoms with E-state index in [0.29, 0.717) is 41.9 Å². The molecule has 6 rings (SSSR count). The molecule has 1 aromatic carbocycles. The number of fused-ring (bicyclic) bond motifs is 2. The highest BCUT2D eigenvalue weighted by Crippen LogP contribution is 2.56. The van der Waals surface area contributed by atoms with E-state index in [1.807, 2.05) is 19.1 Å². The normalized spacial score (nSPS) is 32.9. The summed E-state index contributed by atoms with van der Waals surface area (Å²) in [5.41, 5.74) is 1.12. The Labute approximate surface area is 214 Å². The molecule has 0 bridgehead atoms. The maximum Gasteiger partial charge on any atom is 0.416 e. The van der Waals surface area contributed by atoms with Gasteiger partial charge in [0.2, 0.25) is 0 Å². The Morgan fingerprint density at radius 1 is 1.11 bits per heavy atom. The molecule has 2 saturated carbocycles. The van der Waals surface area contributed by atoms with Gasteiger partial charge in [0.05, 0.1) is 30.4 Å². The van der Waals surface area contributed by atoms with Crippen molar-refractivity contribution in [3.8, 4) is 11.1 Å². The van der Waals surface area contributed by atoms with Crippen LogP contribution in [0.2, 0.25) is 0 Å². The Morgan fingerprint density at radius 3 is 2.65 bits per heavy atom. The highest BCUT2D eigenvalue weighted by atomic mass is 19.4. The molecule has 1 aromatic heterocycles. The third-order valence-corrected chi connectivity index (χ3v) is 8.77. The number of ether oxygens (including phenoxy) is 3. The van der Waals surface area contributed by atoms with Crippen LogP contribution in [-0.4, -0.2) is 36.1 Å². The summed E-state index contributed by atoms with van der Waals surface area (Å²) in [6.45, 7) is 3.21. The van der Waals surface area contributed by atoms with Crippen molar-refractivity contribution in [3.05, 3.63) is 59.9 Å². The Balaban J connectivity index is 1.26. The smallest absolute Gasteiger partial charge is 0.416 e. The zero-order valence-electron chi connectivity index (χ0n) is 20.6. The molecule has 2 aliphatic carbocycles. The zero-order valence-corrected chi connectivity index (χ0v) is 20.6. The summed E-state index contributed by atoms with van der Waals surface area (Å²) in [5.74, 6) is 0.214. The molecule has 2 aliphatic heterocycles. The number of benzene rings is 1. The van der Waals surface area contributed by atoms with Crippen LogP contribution in [0, 0.1) is 29.6 Å². The molecule has 6 atom stereocenters. The first kappa shape index (κ1) is 24.6. The van der Waals surface area contributed by atoms with Crippen molar-refractivity contribution in [1.82, 2.24) is 4.98 Å². The van der Waals surface area contributed by atoms with E-state index in [1.165, 1.54) is 6.07 Å². The largest absolute Gasteiger partial charge is 0.462 e. The lowest BCUT2D eigenvalue weighted by molar-refractivity contribution is -0.206. The number of alkyl halides is 3. The topological polar surface area (TPSA) is 57.7 Å². The number of aromatic nitrogens is 1. The van der Waals surface area contributed by atoms with Gasteiger partial charge < -0.3 is 14.2 Å². The van der Waals surface area contributed by atoms with Crippen molar-refractivity contribution >= 4 is 12.0 Å². The second-order valence-electron chi connectivity index (χ2n) is 10.8. The fourth-order valence-corrected chi connectivity index (χ4v) is 7.06. The maximum absolute atomic E-state index is 13.1. The third kappa shape index (κ3) is 4.59. The number of nitrogens with zero attached hydrogens (tertiary/aromatic N) is 1. The molecule has 3 heterocycles. The van der Waals surface area contributed by atoms with Crippen LogP contribution in [0.25, 0.3) is 17.2 Å². The molecule has 4 fully saturated rings. The summed E-state index contributed by atoms with van der Waals surface area (Å²) in [6.07, 6.45) is 4.64. The summed E-state index contributed by atoms with van der Waals surface area (Å²) in [7, 11) is 0. The highest BCUT2D eigenvalue weighted by Gasteiger charge is 2.57. The van der Waals surface area contributed by atoms with E-state index in [1.54, 1.807) is 18.3 Å². The number of pyridine rings is 1. The molecule has 196 valence electrons. The molecule has 2 aromatic rings. The lowest BCUT2D eigenvalue weighted by Crippen LogP contribution is -2.49. The van der Waals surface area contributed by atoms with E-state index < -0.39 is 17.5 Å². The van der Waals surface area contributed by atoms with Gasteiger partial charge in [-0.05, 0) is 67.4 Å². The maximum atomic E-state index is 13.1. The van der Waals surface area contributed by atoms with Crippen molar-refractivity contribution in [3.63, 3.8) is 0 Å². The molecule has 0 radical (unpaired) electrons. The van der Waals surface area contributed by atoms with Gasteiger partial charge in [-0.1, -0.05) is 24.3 Å². The summed E-state index contributed by atoms with van der Waals surface area (Å²) in [5, 5.41) is 0. The summed E-state index contributed by atoms with van der Waals surface area (Å²) < 4.78 is 57.1. The molecular formula is C29H30F3NO4. The van der Waals surface area contributed by atoms with Crippen LogP contribution in [0.1, 0.15) is 43.9 Å². The molecule has 4 aliphatic rings. The van der Waals surface area contributed by atoms with Crippen LogP contribution in [0.5, 0.6) is 0 Å². The number of cyclic esters (lactones) is 1. The van der Waals surface area contributed by atoms with Gasteiger partial charge in [-0.2, -0.15) is 13.2 Å². The van der Waals surface area contributed by atoms with E-state index in [2.05, 4.69) is 11.1 Å². The Kier molecular flexibility index (Phi) is 6.15. The average Bonchev–Trinajstić information content (AvgIpc) is 3.45. The van der Waals surface area contributed by atoms with Crippen molar-refractivity contribution in [2.75, 3.05) is 13.2 Å². The van der Waals surface area contributed by atoms with Crippen molar-refractivity contribution < 1.29 is 32.2 Å². The van der Waals surface area contributed by atoms with Gasteiger partial charge in [-0.3, -0.25) is 9.78 Å². The van der Waals surface area contributed by atoms with Crippen molar-refractivity contribution in [2.24, 2.45) is 29.6 Å². The Hall–Kier alpha value is -2.71. The first-order valence-corrected chi connectivity index (χ1v) is 13.0. The van der Waals surface area contributed by atoms with E-state index in [0.717, 1.165) is 37.8 Å². The molecular weight excluding hydrogens is 483 g/mol. The number of esters is 1. The number of halogens is 3. The average molecular weight is 514 g/mol. The summed E-state index contributed by atoms with van der Waals surface area (Å²) in [6, 6.07) is 8.86. The molecule has 0 N–H and O–H groups in total. The lowest BCUT2D eigenvalue weighted by atomic mass is 9.56. The summed E-state index contributed by atoms with van der Waals surface area (Å²) in [4.78, 5) is 17.2. The number of carbonyl (C=O) groups is 1. The van der Waals surface area contributed by atoms with Crippen LogP contribution >= 0.6 is 0 Å². The van der Waals surface area contributed by atoms with E-state index in [9.17, 15) is 18.0 Å². The van der Waals surface area contributed by atoms with Crippen molar-refractivity contribution in [2.45, 2.75) is 50.7 Å². The molecule has 8 heteroatoms.